The Morgan fingerprint density at radius 1 is 1.23 bits per heavy atom. The van der Waals surface area contributed by atoms with Crippen LogP contribution in [0.25, 0.3) is 11.3 Å². The molecule has 0 spiro atoms. The molecule has 6 heteroatoms. The molecule has 3 aromatic rings. The van der Waals surface area contributed by atoms with E-state index in [0.717, 1.165) is 23.3 Å². The van der Waals surface area contributed by atoms with E-state index < -0.39 is 0 Å². The smallest absolute Gasteiger partial charge is 0.277 e. The summed E-state index contributed by atoms with van der Waals surface area (Å²) in [5, 5.41) is 6.68. The van der Waals surface area contributed by atoms with Crippen molar-refractivity contribution >= 4 is 11.6 Å². The number of rotatable bonds is 4. The van der Waals surface area contributed by atoms with Crippen LogP contribution in [0.15, 0.2) is 53.1 Å². The largest absolute Gasteiger partial charge is 0.495 e. The Morgan fingerprint density at radius 3 is 2.92 bits per heavy atom. The summed E-state index contributed by atoms with van der Waals surface area (Å²) in [6.45, 7) is 2.04. The van der Waals surface area contributed by atoms with Gasteiger partial charge >= 0.3 is 0 Å². The number of anilines is 1. The fraction of sp³-hybridized carbons (Fsp3) is 0.200. The van der Waals surface area contributed by atoms with Crippen molar-refractivity contribution in [2.24, 2.45) is 0 Å². The van der Waals surface area contributed by atoms with Gasteiger partial charge in [-0.05, 0) is 42.8 Å². The van der Waals surface area contributed by atoms with Crippen molar-refractivity contribution in [3.63, 3.8) is 0 Å². The minimum absolute atomic E-state index is 0.178. The second-order valence-electron chi connectivity index (χ2n) is 6.19. The lowest BCUT2D eigenvalue weighted by Gasteiger charge is -2.08. The van der Waals surface area contributed by atoms with Gasteiger partial charge in [-0.25, -0.2) is 0 Å². The van der Waals surface area contributed by atoms with Gasteiger partial charge in [0.2, 0.25) is 0 Å². The maximum Gasteiger partial charge on any atom is 0.277 e. The molecule has 1 unspecified atom stereocenters. The first-order chi connectivity index (χ1) is 12.6. The molecular formula is C20H18N2O4. The zero-order valence-corrected chi connectivity index (χ0v) is 14.5. The Morgan fingerprint density at radius 2 is 2.08 bits per heavy atom. The van der Waals surface area contributed by atoms with Crippen LogP contribution >= 0.6 is 0 Å². The quantitative estimate of drug-likeness (QED) is 0.772. The number of methoxy groups -OCH3 is 1. The van der Waals surface area contributed by atoms with Crippen molar-refractivity contribution in [2.45, 2.75) is 19.4 Å². The lowest BCUT2D eigenvalue weighted by molar-refractivity contribution is 0.101. The summed E-state index contributed by atoms with van der Waals surface area (Å²) in [5.41, 5.74) is 2.78. The van der Waals surface area contributed by atoms with E-state index in [4.69, 9.17) is 14.0 Å². The van der Waals surface area contributed by atoms with E-state index in [9.17, 15) is 4.79 Å². The molecule has 26 heavy (non-hydrogen) atoms. The van der Waals surface area contributed by atoms with Crippen LogP contribution in [-0.4, -0.2) is 24.3 Å². The van der Waals surface area contributed by atoms with Gasteiger partial charge in [0.15, 0.2) is 11.5 Å². The monoisotopic (exact) mass is 350 g/mol. The van der Waals surface area contributed by atoms with Crippen LogP contribution in [0.3, 0.4) is 0 Å². The molecule has 1 N–H and O–H groups in total. The first-order valence-electron chi connectivity index (χ1n) is 8.35. The summed E-state index contributed by atoms with van der Waals surface area (Å²) >= 11 is 0. The van der Waals surface area contributed by atoms with Gasteiger partial charge in [0.05, 0.1) is 12.8 Å². The lowest BCUT2D eigenvalue weighted by Crippen LogP contribution is -2.12. The maximum atomic E-state index is 12.4. The summed E-state index contributed by atoms with van der Waals surface area (Å²) in [5.74, 6) is 1.66. The van der Waals surface area contributed by atoms with E-state index in [-0.39, 0.29) is 17.7 Å². The molecule has 1 aromatic heterocycles. The van der Waals surface area contributed by atoms with Gasteiger partial charge in [0, 0.05) is 18.1 Å². The molecule has 4 rings (SSSR count). The molecule has 1 amide bonds. The van der Waals surface area contributed by atoms with E-state index in [1.165, 1.54) is 0 Å². The van der Waals surface area contributed by atoms with Crippen molar-refractivity contribution < 1.29 is 18.8 Å². The number of nitrogens with one attached hydrogen (secondary N) is 1. The first-order valence-corrected chi connectivity index (χ1v) is 8.35. The van der Waals surface area contributed by atoms with Gasteiger partial charge in [-0.2, -0.15) is 0 Å². The normalized spacial score (nSPS) is 15.2. The van der Waals surface area contributed by atoms with E-state index in [1.54, 1.807) is 25.3 Å². The topological polar surface area (TPSA) is 73.6 Å². The van der Waals surface area contributed by atoms with E-state index >= 15 is 0 Å². The molecule has 0 saturated heterocycles. The third-order valence-electron chi connectivity index (χ3n) is 4.28. The fourth-order valence-electron chi connectivity index (χ4n) is 3.03. The zero-order chi connectivity index (χ0) is 18.1. The van der Waals surface area contributed by atoms with Gasteiger partial charge in [0.1, 0.15) is 17.6 Å². The van der Waals surface area contributed by atoms with Crippen LogP contribution in [-0.2, 0) is 6.42 Å². The average molecular weight is 350 g/mol. The van der Waals surface area contributed by atoms with Gasteiger partial charge in [-0.3, -0.25) is 4.79 Å². The predicted molar refractivity (Wildman–Crippen MR) is 96.7 cm³/mol. The molecule has 1 aliphatic heterocycles. The third-order valence-corrected chi connectivity index (χ3v) is 4.28. The highest BCUT2D eigenvalue weighted by Gasteiger charge is 2.21. The van der Waals surface area contributed by atoms with Crippen molar-refractivity contribution in [3.8, 4) is 22.8 Å². The second-order valence-corrected chi connectivity index (χ2v) is 6.19. The highest BCUT2D eigenvalue weighted by Crippen LogP contribution is 2.33. The molecular weight excluding hydrogens is 332 g/mol. The van der Waals surface area contributed by atoms with Crippen LogP contribution < -0.4 is 14.8 Å². The molecule has 0 saturated carbocycles. The summed E-state index contributed by atoms with van der Waals surface area (Å²) in [6, 6.07) is 14.7. The summed E-state index contributed by atoms with van der Waals surface area (Å²) in [6.07, 6.45) is 1.04. The predicted octanol–water partition coefficient (Wildman–Crippen LogP) is 3.93. The first kappa shape index (κ1) is 16.2. The minimum Gasteiger partial charge on any atom is -0.495 e. The number of benzene rings is 2. The van der Waals surface area contributed by atoms with Crippen LogP contribution in [0.5, 0.6) is 11.5 Å². The number of nitrogens with zero attached hydrogens (tertiary/aromatic N) is 1. The summed E-state index contributed by atoms with van der Waals surface area (Å²) in [7, 11) is 1.55. The number of aromatic nitrogens is 1. The molecule has 1 aliphatic rings. The summed E-state index contributed by atoms with van der Waals surface area (Å²) < 4.78 is 16.3. The van der Waals surface area contributed by atoms with Crippen LogP contribution in [0, 0.1) is 0 Å². The second kappa shape index (κ2) is 6.55. The third kappa shape index (κ3) is 3.01. The molecule has 0 fully saturated rings. The number of carbonyl (C=O) groups excluding carboxylic acids is 1. The Hall–Kier alpha value is -3.28. The van der Waals surface area contributed by atoms with E-state index in [2.05, 4.69) is 10.5 Å². The molecule has 132 valence electrons. The Kier molecular flexibility index (Phi) is 4.08. The van der Waals surface area contributed by atoms with Gasteiger partial charge < -0.3 is 19.3 Å². The van der Waals surface area contributed by atoms with Gasteiger partial charge in [-0.15, -0.1) is 0 Å². The highest BCUT2D eigenvalue weighted by atomic mass is 16.5. The number of ether oxygens (including phenoxy) is 2. The highest BCUT2D eigenvalue weighted by molar-refractivity contribution is 6.04. The Balaban J connectivity index is 1.55. The van der Waals surface area contributed by atoms with Crippen molar-refractivity contribution in [1.82, 2.24) is 5.16 Å². The average Bonchev–Trinajstić information content (AvgIpc) is 3.27. The standard InChI is InChI=1S/C20H18N2O4/c1-12-9-14-10-13(7-8-17(14)25-12)19-11-16(22-26-19)20(23)21-15-5-3-4-6-18(15)24-2/h3-8,10-12H,9H2,1-2H3,(H,21,23). The fourth-order valence-corrected chi connectivity index (χ4v) is 3.03. The molecule has 0 radical (unpaired) electrons. The van der Waals surface area contributed by atoms with Crippen LogP contribution in [0.2, 0.25) is 0 Å². The molecule has 6 nitrogen and oxygen atoms in total. The molecule has 0 bridgehead atoms. The van der Waals surface area contributed by atoms with Crippen molar-refractivity contribution in [2.75, 3.05) is 12.4 Å². The van der Waals surface area contributed by atoms with E-state index in [0.29, 0.717) is 17.2 Å². The van der Waals surface area contributed by atoms with Crippen molar-refractivity contribution in [1.29, 1.82) is 0 Å². The Labute approximate surface area is 150 Å². The molecule has 0 aliphatic carbocycles. The molecule has 2 heterocycles. The van der Waals surface area contributed by atoms with E-state index in [1.807, 2.05) is 37.3 Å². The number of amides is 1. The van der Waals surface area contributed by atoms with Crippen LogP contribution in [0.4, 0.5) is 5.69 Å². The number of fused-ring (bicyclic) bond motifs is 1. The summed E-state index contributed by atoms with van der Waals surface area (Å²) in [4.78, 5) is 12.4. The van der Waals surface area contributed by atoms with Gasteiger partial charge in [0.25, 0.3) is 5.91 Å². The number of hydrogen-bond acceptors (Lipinski definition) is 5. The SMILES string of the molecule is COc1ccccc1NC(=O)c1cc(-c2ccc3c(c2)CC(C)O3)on1. The van der Waals surface area contributed by atoms with Crippen LogP contribution in [0.1, 0.15) is 23.0 Å². The number of carbonyl (C=O) groups is 1. The maximum absolute atomic E-state index is 12.4. The number of hydrogen-bond donors (Lipinski definition) is 1. The lowest BCUT2D eigenvalue weighted by atomic mass is 10.1. The molecule has 1 atom stereocenters. The van der Waals surface area contributed by atoms with Gasteiger partial charge in [-0.1, -0.05) is 17.3 Å². The number of para-hydroxylation sites is 2. The molecule has 2 aromatic carbocycles. The minimum atomic E-state index is -0.359. The van der Waals surface area contributed by atoms with Crippen molar-refractivity contribution in [3.05, 3.63) is 59.8 Å². The Bertz CT molecular complexity index is 964. The zero-order valence-electron chi connectivity index (χ0n) is 14.5.